The number of halogens is 1. The van der Waals surface area contributed by atoms with E-state index in [-0.39, 0.29) is 30.6 Å². The van der Waals surface area contributed by atoms with Gasteiger partial charge >= 0.3 is 0 Å². The number of carbonyl (C=O) groups excluding carboxylic acids is 3. The minimum absolute atomic E-state index is 0.0488. The predicted molar refractivity (Wildman–Crippen MR) is 109 cm³/mol. The number of carbonyl (C=O) groups is 3. The molecule has 1 aromatic carbocycles. The van der Waals surface area contributed by atoms with Crippen LogP contribution in [0.5, 0.6) is 5.75 Å². The molecule has 2 aromatic rings. The summed E-state index contributed by atoms with van der Waals surface area (Å²) in [5.41, 5.74) is 0.508. The van der Waals surface area contributed by atoms with Crippen LogP contribution in [0, 0.1) is 5.92 Å². The van der Waals surface area contributed by atoms with E-state index < -0.39 is 36.2 Å². The van der Waals surface area contributed by atoms with Crippen LogP contribution in [0.15, 0.2) is 28.7 Å². The summed E-state index contributed by atoms with van der Waals surface area (Å²) in [5.74, 6) is -0.623. The van der Waals surface area contributed by atoms with Gasteiger partial charge in [0.15, 0.2) is 11.5 Å². The van der Waals surface area contributed by atoms with Crippen molar-refractivity contribution in [1.82, 2.24) is 10.2 Å². The maximum atomic E-state index is 14.3. The van der Waals surface area contributed by atoms with Gasteiger partial charge in [0, 0.05) is 5.39 Å². The van der Waals surface area contributed by atoms with Crippen molar-refractivity contribution in [2.24, 2.45) is 5.92 Å². The number of amides is 2. The largest absolute Gasteiger partial charge is 0.497 e. The fourth-order valence-corrected chi connectivity index (χ4v) is 4.21. The van der Waals surface area contributed by atoms with E-state index in [2.05, 4.69) is 5.32 Å². The number of hydrogen-bond acceptors (Lipinski definition) is 6. The minimum Gasteiger partial charge on any atom is -0.497 e. The molecule has 2 aliphatic rings. The highest BCUT2D eigenvalue weighted by Crippen LogP contribution is 2.30. The number of nitrogens with one attached hydrogen (secondary N) is 1. The Morgan fingerprint density at radius 1 is 1.32 bits per heavy atom. The van der Waals surface area contributed by atoms with E-state index >= 15 is 0 Å². The van der Waals surface area contributed by atoms with Crippen LogP contribution in [0.2, 0.25) is 0 Å². The number of Topliss-reactive ketones (excluding diaryl/α,β-unsaturated/α-hetero) is 1. The van der Waals surface area contributed by atoms with Gasteiger partial charge in [-0.3, -0.25) is 14.4 Å². The van der Waals surface area contributed by atoms with E-state index in [9.17, 15) is 18.8 Å². The summed E-state index contributed by atoms with van der Waals surface area (Å²) >= 11 is 0. The number of methoxy groups -OCH3 is 1. The van der Waals surface area contributed by atoms with Gasteiger partial charge in [0.2, 0.25) is 5.91 Å². The van der Waals surface area contributed by atoms with Gasteiger partial charge in [0.05, 0.1) is 13.7 Å². The van der Waals surface area contributed by atoms with Gasteiger partial charge in [-0.25, -0.2) is 4.39 Å². The molecule has 4 atom stereocenters. The first-order valence-electron chi connectivity index (χ1n) is 10.3. The third-order valence-corrected chi connectivity index (χ3v) is 5.66. The molecule has 2 saturated heterocycles. The molecule has 0 radical (unpaired) electrons. The van der Waals surface area contributed by atoms with E-state index in [1.807, 2.05) is 13.8 Å². The van der Waals surface area contributed by atoms with Gasteiger partial charge < -0.3 is 24.1 Å². The first kappa shape index (κ1) is 21.3. The highest BCUT2D eigenvalue weighted by atomic mass is 19.1. The van der Waals surface area contributed by atoms with Crippen LogP contribution in [0.1, 0.15) is 30.8 Å². The zero-order valence-electron chi connectivity index (χ0n) is 17.6. The number of ketones is 1. The first-order valence-corrected chi connectivity index (χ1v) is 10.3. The number of nitrogens with zero attached hydrogens (tertiary/aromatic N) is 1. The van der Waals surface area contributed by atoms with Crippen molar-refractivity contribution < 1.29 is 32.7 Å². The van der Waals surface area contributed by atoms with Gasteiger partial charge in [-0.2, -0.15) is 0 Å². The lowest BCUT2D eigenvalue weighted by Gasteiger charge is -2.28. The third-order valence-electron chi connectivity index (χ3n) is 5.66. The number of rotatable bonds is 6. The monoisotopic (exact) mass is 432 g/mol. The van der Waals surface area contributed by atoms with Crippen molar-refractivity contribution >= 4 is 28.6 Å². The number of benzene rings is 1. The normalized spacial score (nSPS) is 24.0. The summed E-state index contributed by atoms with van der Waals surface area (Å²) < 4.78 is 30.3. The molecule has 166 valence electrons. The van der Waals surface area contributed by atoms with Crippen LogP contribution in [-0.2, 0) is 14.3 Å². The lowest BCUT2D eigenvalue weighted by atomic mass is 10.0. The van der Waals surface area contributed by atoms with Crippen molar-refractivity contribution in [3.63, 3.8) is 0 Å². The van der Waals surface area contributed by atoms with Crippen LogP contribution in [0.3, 0.4) is 0 Å². The molecule has 0 aliphatic carbocycles. The number of hydrogen-bond donors (Lipinski definition) is 1. The maximum absolute atomic E-state index is 14.3. The zero-order chi connectivity index (χ0) is 22.3. The second-order valence-corrected chi connectivity index (χ2v) is 8.36. The van der Waals surface area contributed by atoms with Crippen molar-refractivity contribution in [2.75, 3.05) is 20.3 Å². The molecule has 8 nitrogen and oxygen atoms in total. The average Bonchev–Trinajstić information content (AvgIpc) is 3.41. The van der Waals surface area contributed by atoms with Crippen LogP contribution in [0.4, 0.5) is 4.39 Å². The molecule has 1 aromatic heterocycles. The molecule has 2 aliphatic heterocycles. The maximum Gasteiger partial charge on any atom is 0.287 e. The quantitative estimate of drug-likeness (QED) is 0.751. The Balaban J connectivity index is 1.55. The van der Waals surface area contributed by atoms with Crippen molar-refractivity contribution in [3.8, 4) is 5.75 Å². The van der Waals surface area contributed by atoms with Gasteiger partial charge in [0.1, 0.15) is 42.3 Å². The molecular weight excluding hydrogens is 407 g/mol. The van der Waals surface area contributed by atoms with Gasteiger partial charge in [-0.15, -0.1) is 0 Å². The Labute approximate surface area is 178 Å². The smallest absolute Gasteiger partial charge is 0.287 e. The Morgan fingerprint density at radius 2 is 2.10 bits per heavy atom. The van der Waals surface area contributed by atoms with E-state index in [1.165, 1.54) is 4.90 Å². The highest BCUT2D eigenvalue weighted by molar-refractivity contribution is 6.00. The Bertz CT molecular complexity index is 1020. The number of furan rings is 1. The summed E-state index contributed by atoms with van der Waals surface area (Å²) in [5, 5.41) is 3.40. The van der Waals surface area contributed by atoms with Gasteiger partial charge in [-0.1, -0.05) is 13.8 Å². The summed E-state index contributed by atoms with van der Waals surface area (Å²) in [6.07, 6.45) is -2.03. The Hall–Kier alpha value is -2.94. The molecule has 0 bridgehead atoms. The van der Waals surface area contributed by atoms with E-state index in [0.717, 1.165) is 0 Å². The molecule has 2 fully saturated rings. The Morgan fingerprint density at radius 3 is 2.81 bits per heavy atom. The molecule has 2 amide bonds. The lowest BCUT2D eigenvalue weighted by Crippen LogP contribution is -2.52. The molecule has 0 spiro atoms. The average molecular weight is 432 g/mol. The summed E-state index contributed by atoms with van der Waals surface area (Å²) in [4.78, 5) is 39.5. The van der Waals surface area contributed by atoms with E-state index in [0.29, 0.717) is 23.1 Å². The molecular formula is C22H25FN2O6. The van der Waals surface area contributed by atoms with Crippen molar-refractivity contribution in [1.29, 1.82) is 0 Å². The third kappa shape index (κ3) is 4.01. The lowest BCUT2D eigenvalue weighted by molar-refractivity contribution is -0.138. The summed E-state index contributed by atoms with van der Waals surface area (Å²) in [6, 6.07) is 4.86. The standard InChI is InChI=1S/C22H25FN2O6/c1-11(2)6-15(22(28)25-9-14(23)20-19(25)16(26)10-30-20)24-21(27)18-8-12-7-13(29-3)4-5-17(12)31-18/h4-5,7-8,11,14-15,19-20H,6,9-10H2,1-3H3,(H,24,27)/t14-,15-,19+,20+/m0/s1. The summed E-state index contributed by atoms with van der Waals surface area (Å²) in [6.45, 7) is 3.39. The fraction of sp³-hybridized carbons (Fsp3) is 0.500. The number of alkyl halides is 1. The van der Waals surface area contributed by atoms with Crippen molar-refractivity contribution in [3.05, 3.63) is 30.0 Å². The van der Waals surface area contributed by atoms with E-state index in [1.54, 1.807) is 31.4 Å². The van der Waals surface area contributed by atoms with Crippen LogP contribution in [0.25, 0.3) is 11.0 Å². The summed E-state index contributed by atoms with van der Waals surface area (Å²) in [7, 11) is 1.54. The SMILES string of the molecule is COc1ccc2oc(C(=O)N[C@@H](CC(C)C)C(=O)N3C[C@H](F)[C@H]4OCC(=O)[C@H]43)cc2c1. The number of ether oxygens (including phenoxy) is 2. The molecule has 31 heavy (non-hydrogen) atoms. The van der Waals surface area contributed by atoms with E-state index in [4.69, 9.17) is 13.9 Å². The second-order valence-electron chi connectivity index (χ2n) is 8.36. The van der Waals surface area contributed by atoms with Crippen molar-refractivity contribution in [2.45, 2.75) is 44.6 Å². The molecule has 0 saturated carbocycles. The second kappa shape index (κ2) is 8.30. The fourth-order valence-electron chi connectivity index (χ4n) is 4.21. The van der Waals surface area contributed by atoms with Crippen LogP contribution >= 0.6 is 0 Å². The zero-order valence-corrected chi connectivity index (χ0v) is 17.6. The highest BCUT2D eigenvalue weighted by Gasteiger charge is 2.53. The van der Waals surface area contributed by atoms with Crippen LogP contribution in [-0.4, -0.2) is 67.1 Å². The first-order chi connectivity index (χ1) is 14.8. The predicted octanol–water partition coefficient (Wildman–Crippen LogP) is 2.10. The molecule has 1 N–H and O–H groups in total. The number of likely N-dealkylation sites (tertiary alicyclic amines) is 1. The van der Waals surface area contributed by atoms with Crippen LogP contribution < -0.4 is 10.1 Å². The van der Waals surface area contributed by atoms with Gasteiger partial charge in [0.25, 0.3) is 5.91 Å². The molecule has 9 heteroatoms. The van der Waals surface area contributed by atoms with Gasteiger partial charge in [-0.05, 0) is 36.6 Å². The topological polar surface area (TPSA) is 98.1 Å². The molecule has 0 unspecified atom stereocenters. The molecule has 4 rings (SSSR count). The Kier molecular flexibility index (Phi) is 5.70. The number of fused-ring (bicyclic) bond motifs is 2. The molecule has 3 heterocycles. The minimum atomic E-state index is -1.43.